The molecule has 0 aliphatic heterocycles. The lowest BCUT2D eigenvalue weighted by Gasteiger charge is -2.15. The number of thioether (sulfide) groups is 1. The molecule has 1 aromatic carbocycles. The fourth-order valence-electron chi connectivity index (χ4n) is 3.32. The van der Waals surface area contributed by atoms with E-state index in [1.54, 1.807) is 6.08 Å². The smallest absolute Gasteiger partial charge is 0.233 e. The molecule has 29 heavy (non-hydrogen) atoms. The normalized spacial score (nSPS) is 14.9. The number of allylic oxidation sites excluding steroid dienone is 2. The second kappa shape index (κ2) is 10.6. The van der Waals surface area contributed by atoms with Crippen molar-refractivity contribution in [1.82, 2.24) is 20.1 Å². The first-order valence-electron chi connectivity index (χ1n) is 10.0. The maximum absolute atomic E-state index is 12.5. The molecule has 0 saturated carbocycles. The van der Waals surface area contributed by atoms with Gasteiger partial charge in [-0.15, -0.1) is 16.8 Å². The summed E-state index contributed by atoms with van der Waals surface area (Å²) in [6.07, 6.45) is 9.95. The SMILES string of the molecule is C=CCn1c(SC(C)C(=O)NCCC2=CCCCC2)nnc1-c1ccc(Cl)cc1. The number of amides is 1. The van der Waals surface area contributed by atoms with Gasteiger partial charge in [0.25, 0.3) is 0 Å². The van der Waals surface area contributed by atoms with Crippen molar-refractivity contribution in [3.63, 3.8) is 0 Å². The van der Waals surface area contributed by atoms with E-state index < -0.39 is 0 Å². The second-order valence-electron chi connectivity index (χ2n) is 7.12. The molecule has 1 N–H and O–H groups in total. The van der Waals surface area contributed by atoms with Gasteiger partial charge in [0, 0.05) is 23.7 Å². The van der Waals surface area contributed by atoms with Crippen molar-refractivity contribution < 1.29 is 4.79 Å². The van der Waals surface area contributed by atoms with Crippen LogP contribution in [-0.2, 0) is 11.3 Å². The molecule has 7 heteroatoms. The number of hydrogen-bond donors (Lipinski definition) is 1. The summed E-state index contributed by atoms with van der Waals surface area (Å²) in [6.45, 7) is 6.98. The molecule has 1 aliphatic carbocycles. The molecule has 2 aromatic rings. The minimum atomic E-state index is -0.263. The van der Waals surface area contributed by atoms with Gasteiger partial charge in [0.1, 0.15) is 0 Å². The first-order valence-corrected chi connectivity index (χ1v) is 11.3. The summed E-state index contributed by atoms with van der Waals surface area (Å²) in [5, 5.41) is 12.8. The molecule has 0 radical (unpaired) electrons. The number of hydrogen-bond acceptors (Lipinski definition) is 4. The number of nitrogens with one attached hydrogen (secondary N) is 1. The molecule has 1 heterocycles. The van der Waals surface area contributed by atoms with E-state index >= 15 is 0 Å². The summed E-state index contributed by atoms with van der Waals surface area (Å²) >= 11 is 7.40. The number of rotatable bonds is 9. The summed E-state index contributed by atoms with van der Waals surface area (Å²) in [5.74, 6) is 0.758. The van der Waals surface area contributed by atoms with Crippen LogP contribution in [0.3, 0.4) is 0 Å². The van der Waals surface area contributed by atoms with Gasteiger partial charge in [-0.1, -0.05) is 41.1 Å². The average Bonchev–Trinajstić information content (AvgIpc) is 3.12. The standard InChI is InChI=1S/C22H27ClN4OS/c1-3-15-27-20(18-9-11-19(23)12-10-18)25-26-22(27)29-16(2)21(28)24-14-13-17-7-5-4-6-8-17/h3,7,9-12,16H,1,4-6,8,13-15H2,2H3,(H,24,28). The molecule has 0 bridgehead atoms. The number of benzene rings is 1. The topological polar surface area (TPSA) is 59.8 Å². The lowest BCUT2D eigenvalue weighted by atomic mass is 9.97. The highest BCUT2D eigenvalue weighted by molar-refractivity contribution is 8.00. The third kappa shape index (κ3) is 5.97. The van der Waals surface area contributed by atoms with E-state index in [0.29, 0.717) is 23.3 Å². The lowest BCUT2D eigenvalue weighted by molar-refractivity contribution is -0.120. The first kappa shape index (κ1) is 21.7. The van der Waals surface area contributed by atoms with Crippen LogP contribution < -0.4 is 5.32 Å². The van der Waals surface area contributed by atoms with Crippen LogP contribution in [0.25, 0.3) is 11.4 Å². The van der Waals surface area contributed by atoms with E-state index in [-0.39, 0.29) is 11.2 Å². The van der Waals surface area contributed by atoms with Gasteiger partial charge in [0.15, 0.2) is 11.0 Å². The van der Waals surface area contributed by atoms with Crippen LogP contribution in [0.4, 0.5) is 0 Å². The Labute approximate surface area is 181 Å². The number of aromatic nitrogens is 3. The Morgan fingerprint density at radius 2 is 2.14 bits per heavy atom. The van der Waals surface area contributed by atoms with Gasteiger partial charge in [0.2, 0.25) is 5.91 Å². The molecule has 1 aromatic heterocycles. The Kier molecular flexibility index (Phi) is 7.95. The van der Waals surface area contributed by atoms with Crippen molar-refractivity contribution in [3.05, 3.63) is 53.6 Å². The largest absolute Gasteiger partial charge is 0.355 e. The number of halogens is 1. The summed E-state index contributed by atoms with van der Waals surface area (Å²) in [4.78, 5) is 12.5. The van der Waals surface area contributed by atoms with E-state index in [1.165, 1.54) is 36.6 Å². The van der Waals surface area contributed by atoms with Gasteiger partial charge in [-0.05, 0) is 63.3 Å². The summed E-state index contributed by atoms with van der Waals surface area (Å²) in [6, 6.07) is 7.48. The molecule has 1 amide bonds. The van der Waals surface area contributed by atoms with Crippen LogP contribution in [0.1, 0.15) is 39.0 Å². The molecule has 3 rings (SSSR count). The maximum Gasteiger partial charge on any atom is 0.233 e. The molecule has 0 fully saturated rings. The Balaban J connectivity index is 1.62. The summed E-state index contributed by atoms with van der Waals surface area (Å²) < 4.78 is 1.97. The van der Waals surface area contributed by atoms with E-state index in [4.69, 9.17) is 11.6 Å². The van der Waals surface area contributed by atoms with Crippen LogP contribution in [0.2, 0.25) is 5.02 Å². The Morgan fingerprint density at radius 1 is 1.34 bits per heavy atom. The zero-order valence-electron chi connectivity index (χ0n) is 16.7. The summed E-state index contributed by atoms with van der Waals surface area (Å²) in [5.41, 5.74) is 2.39. The minimum Gasteiger partial charge on any atom is -0.355 e. The molecular formula is C22H27ClN4OS. The van der Waals surface area contributed by atoms with Crippen molar-refractivity contribution in [2.75, 3.05) is 6.54 Å². The molecule has 154 valence electrons. The highest BCUT2D eigenvalue weighted by Crippen LogP contribution is 2.28. The second-order valence-corrected chi connectivity index (χ2v) is 8.87. The maximum atomic E-state index is 12.5. The van der Waals surface area contributed by atoms with Gasteiger partial charge >= 0.3 is 0 Å². The third-order valence-electron chi connectivity index (χ3n) is 4.91. The van der Waals surface area contributed by atoms with Gasteiger partial charge < -0.3 is 5.32 Å². The van der Waals surface area contributed by atoms with E-state index in [0.717, 1.165) is 24.2 Å². The van der Waals surface area contributed by atoms with Gasteiger partial charge in [0.05, 0.1) is 5.25 Å². The van der Waals surface area contributed by atoms with Crippen molar-refractivity contribution in [3.8, 4) is 11.4 Å². The fraction of sp³-hybridized carbons (Fsp3) is 0.409. The van der Waals surface area contributed by atoms with Crippen molar-refractivity contribution in [2.45, 2.75) is 56.0 Å². The molecule has 1 aliphatic rings. The van der Waals surface area contributed by atoms with Gasteiger partial charge in [-0.2, -0.15) is 0 Å². The lowest BCUT2D eigenvalue weighted by Crippen LogP contribution is -2.32. The predicted molar refractivity (Wildman–Crippen MR) is 120 cm³/mol. The highest BCUT2D eigenvalue weighted by Gasteiger charge is 2.20. The predicted octanol–water partition coefficient (Wildman–Crippen LogP) is 5.27. The molecule has 0 saturated heterocycles. The monoisotopic (exact) mass is 430 g/mol. The summed E-state index contributed by atoms with van der Waals surface area (Å²) in [7, 11) is 0. The Hall–Kier alpha value is -2.05. The van der Waals surface area contributed by atoms with E-state index in [9.17, 15) is 4.79 Å². The molecule has 1 unspecified atom stereocenters. The Morgan fingerprint density at radius 3 is 2.83 bits per heavy atom. The molecule has 0 spiro atoms. The van der Waals surface area contributed by atoms with E-state index in [2.05, 4.69) is 28.2 Å². The van der Waals surface area contributed by atoms with Crippen LogP contribution in [-0.4, -0.2) is 32.5 Å². The first-order chi connectivity index (χ1) is 14.1. The van der Waals surface area contributed by atoms with E-state index in [1.807, 2.05) is 35.8 Å². The van der Waals surface area contributed by atoms with Gasteiger partial charge in [-0.3, -0.25) is 9.36 Å². The number of carbonyl (C=O) groups excluding carboxylic acids is 1. The molecule has 5 nitrogen and oxygen atoms in total. The number of carbonyl (C=O) groups is 1. The zero-order valence-corrected chi connectivity index (χ0v) is 18.3. The molecule has 1 atom stereocenters. The van der Waals surface area contributed by atoms with Gasteiger partial charge in [-0.25, -0.2) is 0 Å². The minimum absolute atomic E-state index is 0.0209. The van der Waals surface area contributed by atoms with Crippen LogP contribution in [0.5, 0.6) is 0 Å². The third-order valence-corrected chi connectivity index (χ3v) is 6.25. The van der Waals surface area contributed by atoms with Crippen molar-refractivity contribution in [2.24, 2.45) is 0 Å². The van der Waals surface area contributed by atoms with Crippen LogP contribution in [0, 0.1) is 0 Å². The van der Waals surface area contributed by atoms with Crippen molar-refractivity contribution in [1.29, 1.82) is 0 Å². The average molecular weight is 431 g/mol. The number of nitrogens with zero attached hydrogens (tertiary/aromatic N) is 3. The van der Waals surface area contributed by atoms with Crippen molar-refractivity contribution >= 4 is 29.3 Å². The van der Waals surface area contributed by atoms with Crippen LogP contribution >= 0.6 is 23.4 Å². The quantitative estimate of drug-likeness (QED) is 0.434. The highest BCUT2D eigenvalue weighted by atomic mass is 35.5. The fourth-order valence-corrected chi connectivity index (χ4v) is 4.32. The molecular weight excluding hydrogens is 404 g/mol. The zero-order chi connectivity index (χ0) is 20.6. The Bertz CT molecular complexity index is 875. The van der Waals surface area contributed by atoms with Crippen LogP contribution in [0.15, 0.2) is 53.7 Å².